The first-order valence-corrected chi connectivity index (χ1v) is 13.1. The molecule has 4 rings (SSSR count). The number of nitrogens with one attached hydrogen (secondary N) is 2. The summed E-state index contributed by atoms with van der Waals surface area (Å²) in [4.78, 5) is 13.4. The Bertz CT molecular complexity index is 1260. The summed E-state index contributed by atoms with van der Waals surface area (Å²) in [7, 11) is -2.11. The van der Waals surface area contributed by atoms with E-state index in [-0.39, 0.29) is 5.91 Å². The Balaban J connectivity index is 1.66. The van der Waals surface area contributed by atoms with Crippen molar-refractivity contribution in [3.63, 3.8) is 0 Å². The van der Waals surface area contributed by atoms with Crippen LogP contribution in [0.3, 0.4) is 0 Å². The Morgan fingerprint density at radius 2 is 1.94 bits per heavy atom. The van der Waals surface area contributed by atoms with E-state index < -0.39 is 19.1 Å². The Kier molecular flexibility index (Phi) is 6.99. The number of carbonyl (C=O) groups is 1. The molecule has 0 aliphatic carbocycles. The lowest BCUT2D eigenvalue weighted by Gasteiger charge is -2.28. The van der Waals surface area contributed by atoms with Crippen LogP contribution in [0.1, 0.15) is 27.9 Å². The van der Waals surface area contributed by atoms with Gasteiger partial charge in [-0.25, -0.2) is 0 Å². The van der Waals surface area contributed by atoms with E-state index in [1.54, 1.807) is 30.5 Å². The van der Waals surface area contributed by atoms with E-state index in [0.717, 1.165) is 21.4 Å². The maximum absolute atomic E-state index is 14.5. The number of aromatic nitrogens is 1. The highest BCUT2D eigenvalue weighted by molar-refractivity contribution is 7.67. The Labute approximate surface area is 204 Å². The summed E-state index contributed by atoms with van der Waals surface area (Å²) in [6.45, 7) is 4.24. The molecule has 1 aliphatic rings. The van der Waals surface area contributed by atoms with Gasteiger partial charge in [0.2, 0.25) is 25.7 Å². The fraction of sp³-hybridized carbons (Fsp3) is 0.280. The van der Waals surface area contributed by atoms with Crippen molar-refractivity contribution in [2.75, 3.05) is 19.0 Å². The van der Waals surface area contributed by atoms with E-state index >= 15 is 0 Å². The Morgan fingerprint density at radius 3 is 2.62 bits per heavy atom. The lowest BCUT2D eigenvalue weighted by molar-refractivity contribution is -0.905. The van der Waals surface area contributed by atoms with Crippen LogP contribution in [-0.2, 0) is 20.3 Å². The molecule has 7 nitrogen and oxygen atoms in total. The molecule has 0 bridgehead atoms. The van der Waals surface area contributed by atoms with E-state index in [1.165, 1.54) is 13.3 Å². The van der Waals surface area contributed by atoms with Gasteiger partial charge in [0, 0.05) is 46.0 Å². The highest BCUT2D eigenvalue weighted by Gasteiger charge is 2.49. The van der Waals surface area contributed by atoms with Crippen LogP contribution in [0.2, 0.25) is 5.02 Å². The topological polar surface area (TPSA) is 91.5 Å². The zero-order valence-electron chi connectivity index (χ0n) is 19.3. The molecule has 0 saturated carbocycles. The molecule has 178 valence electrons. The number of hydrogen-bond acceptors (Lipinski definition) is 5. The van der Waals surface area contributed by atoms with Crippen LogP contribution < -0.4 is 20.7 Å². The molecule has 1 aromatic heterocycles. The average Bonchev–Trinajstić information content (AvgIpc) is 3.17. The Morgan fingerprint density at radius 1 is 1.21 bits per heavy atom. The molecule has 0 fully saturated rings. The molecule has 0 radical (unpaired) electrons. The van der Waals surface area contributed by atoms with E-state index in [0.29, 0.717) is 34.5 Å². The van der Waals surface area contributed by atoms with Gasteiger partial charge in [-0.05, 0) is 62.2 Å². The van der Waals surface area contributed by atoms with Gasteiger partial charge in [0.05, 0.1) is 5.66 Å². The lowest BCUT2D eigenvalue weighted by Crippen LogP contribution is -2.42. The van der Waals surface area contributed by atoms with Gasteiger partial charge in [-0.3, -0.25) is 14.6 Å². The van der Waals surface area contributed by atoms with Crippen LogP contribution in [0.25, 0.3) is 0 Å². The first-order valence-electron chi connectivity index (χ1n) is 11.0. The van der Waals surface area contributed by atoms with Crippen molar-refractivity contribution in [1.29, 1.82) is 0 Å². The summed E-state index contributed by atoms with van der Waals surface area (Å²) in [6, 6.07) is 13.8. The second kappa shape index (κ2) is 9.79. The molecule has 3 atom stereocenters. The van der Waals surface area contributed by atoms with Crippen LogP contribution in [0.4, 0.5) is 5.69 Å². The van der Waals surface area contributed by atoms with Gasteiger partial charge < -0.3 is 15.2 Å². The van der Waals surface area contributed by atoms with Crippen molar-refractivity contribution in [1.82, 2.24) is 5.32 Å². The predicted molar refractivity (Wildman–Crippen MR) is 132 cm³/mol. The predicted octanol–water partition coefficient (Wildman–Crippen LogP) is 3.93. The summed E-state index contributed by atoms with van der Waals surface area (Å²) >= 11 is 6.29. The molecule has 2 heterocycles. The molecule has 2 aromatic carbocycles. The zero-order valence-corrected chi connectivity index (χ0v) is 20.9. The highest BCUT2D eigenvalue weighted by atomic mass is 35.5. The number of rotatable bonds is 7. The van der Waals surface area contributed by atoms with Crippen molar-refractivity contribution >= 4 is 35.9 Å². The molecule has 0 saturated heterocycles. The molecule has 1 aliphatic heterocycles. The largest absolute Gasteiger partial charge is 0.372 e. The summed E-state index contributed by atoms with van der Waals surface area (Å²) in [5, 5.41) is 16.8. The van der Waals surface area contributed by atoms with Crippen molar-refractivity contribution in [3.8, 4) is 0 Å². The maximum atomic E-state index is 14.5. The fourth-order valence-corrected chi connectivity index (χ4v) is 7.42. The minimum absolute atomic E-state index is 0.285. The average molecular weight is 501 g/mol. The van der Waals surface area contributed by atoms with Crippen LogP contribution in [0, 0.1) is 13.8 Å². The maximum Gasteiger partial charge on any atom is 0.243 e. The monoisotopic (exact) mass is 500 g/mol. The lowest BCUT2D eigenvalue weighted by atomic mass is 10.1. The third-order valence-electron chi connectivity index (χ3n) is 6.01. The van der Waals surface area contributed by atoms with Gasteiger partial charge in [0.25, 0.3) is 0 Å². The van der Waals surface area contributed by atoms with Crippen LogP contribution >= 0.6 is 19.0 Å². The quantitative estimate of drug-likeness (QED) is 0.260. The molecule has 3 unspecified atom stereocenters. The van der Waals surface area contributed by atoms with Crippen molar-refractivity contribution in [2.24, 2.45) is 0 Å². The first-order chi connectivity index (χ1) is 16.2. The second-order valence-corrected chi connectivity index (χ2v) is 11.6. The number of fused-ring (bicyclic) bond motifs is 1. The summed E-state index contributed by atoms with van der Waals surface area (Å²) in [6.07, 6.45) is 3.63. The van der Waals surface area contributed by atoms with Crippen molar-refractivity contribution < 1.29 is 23.8 Å². The normalized spacial score (nSPS) is 18.6. The molecule has 34 heavy (non-hydrogen) atoms. The molecular formula is C25H28ClN3O4P+. The number of anilines is 1. The zero-order chi connectivity index (χ0) is 24.5. The van der Waals surface area contributed by atoms with E-state index in [1.807, 2.05) is 38.1 Å². The molecule has 3 N–H and O–H groups in total. The van der Waals surface area contributed by atoms with Crippen LogP contribution in [-0.4, -0.2) is 30.8 Å². The minimum atomic E-state index is -3.53. The molecule has 9 heteroatoms. The number of aryl methyl sites for hydroxylation is 2. The minimum Gasteiger partial charge on any atom is -0.372 e. The number of amides is 1. The number of nitrogens with zero attached hydrogens (tertiary/aromatic N) is 1. The summed E-state index contributed by atoms with van der Waals surface area (Å²) in [5.41, 5.74) is 3.46. The summed E-state index contributed by atoms with van der Waals surface area (Å²) in [5.74, 6) is -0.285. The Hall–Kier alpha value is -2.86. The number of benzene rings is 2. The fourth-order valence-electron chi connectivity index (χ4n) is 4.53. The van der Waals surface area contributed by atoms with Crippen LogP contribution in [0.15, 0.2) is 60.9 Å². The molecule has 1 amide bonds. The van der Waals surface area contributed by atoms with Gasteiger partial charge in [-0.2, -0.15) is 0 Å². The van der Waals surface area contributed by atoms with Crippen molar-refractivity contribution in [3.05, 3.63) is 88.2 Å². The summed E-state index contributed by atoms with van der Waals surface area (Å²) < 4.78 is 21.2. The smallest absolute Gasteiger partial charge is 0.243 e. The highest BCUT2D eigenvalue weighted by Crippen LogP contribution is 2.64. The number of pyridine rings is 1. The first kappa shape index (κ1) is 24.3. The van der Waals surface area contributed by atoms with Gasteiger partial charge in [-0.1, -0.05) is 28.8 Å². The van der Waals surface area contributed by atoms with Gasteiger partial charge in [0.1, 0.15) is 6.04 Å². The number of hydrogen-bond donors (Lipinski definition) is 3. The van der Waals surface area contributed by atoms with Crippen molar-refractivity contribution in [2.45, 2.75) is 32.0 Å². The molecule has 0 spiro atoms. The molecular weight excluding hydrogens is 473 g/mol. The van der Waals surface area contributed by atoms with Gasteiger partial charge in [0.15, 0.2) is 0 Å². The van der Waals surface area contributed by atoms with E-state index in [9.17, 15) is 14.6 Å². The third-order valence-corrected chi connectivity index (χ3v) is 9.07. The standard InChI is InChI=1S/C25H27ClN3O4P/c1-16-11-17(2)13-20(12-16)34(32,33-3)24-21-14-19(26)6-7-22(21)28-23(24)25(30)27-9-8-18-5-4-10-29(31)15-18/h4-7,10-15,23-24,28H,8-9H2,1-3H3,(H-,27,30,31)/p+1. The van der Waals surface area contributed by atoms with Gasteiger partial charge in [-0.15, -0.1) is 0 Å². The third kappa shape index (κ3) is 4.83. The van der Waals surface area contributed by atoms with Crippen LogP contribution in [0.5, 0.6) is 0 Å². The van der Waals surface area contributed by atoms with E-state index in [2.05, 4.69) is 10.6 Å². The number of carbonyl (C=O) groups excluding carboxylic acids is 1. The number of halogens is 1. The second-order valence-electron chi connectivity index (χ2n) is 8.56. The SMILES string of the molecule is COP(=O)(c1cc(C)cc(C)c1)C1c2cc(Cl)ccc2NC1C(=O)NCCc1ccc[n+](O)c1. The molecule has 3 aromatic rings. The van der Waals surface area contributed by atoms with E-state index in [4.69, 9.17) is 16.1 Å². The van der Waals surface area contributed by atoms with Gasteiger partial charge >= 0.3 is 0 Å².